The highest BCUT2D eigenvalue weighted by molar-refractivity contribution is 6.33. The number of anilines is 2. The molecule has 0 saturated heterocycles. The van der Waals surface area contributed by atoms with Gasteiger partial charge in [0.2, 0.25) is 0 Å². The van der Waals surface area contributed by atoms with Crippen LogP contribution in [0.1, 0.15) is 11.3 Å². The number of alkyl halides is 3. The summed E-state index contributed by atoms with van der Waals surface area (Å²) in [5, 5.41) is 3.06. The maximum Gasteiger partial charge on any atom is 0.431 e. The predicted octanol–water partition coefficient (Wildman–Crippen LogP) is 7.00. The van der Waals surface area contributed by atoms with Gasteiger partial charge in [-0.05, 0) is 42.8 Å². The lowest BCUT2D eigenvalue weighted by Gasteiger charge is -2.16. The maximum absolute atomic E-state index is 14.5. The molecule has 0 atom stereocenters. The number of nitrogens with zero attached hydrogens (tertiary/aromatic N) is 2. The summed E-state index contributed by atoms with van der Waals surface area (Å²) in [6.45, 7) is 1.70. The summed E-state index contributed by atoms with van der Waals surface area (Å²) in [7, 11) is 0. The molecule has 0 bridgehead atoms. The van der Waals surface area contributed by atoms with Gasteiger partial charge >= 0.3 is 6.18 Å². The number of nitrogens with one attached hydrogen (secondary N) is 1. The number of aryl methyl sites for hydroxylation is 1. The van der Waals surface area contributed by atoms with E-state index in [1.165, 1.54) is 12.1 Å². The van der Waals surface area contributed by atoms with Crippen LogP contribution in [-0.4, -0.2) is 9.38 Å². The van der Waals surface area contributed by atoms with Crippen molar-refractivity contribution in [2.45, 2.75) is 13.1 Å². The molecule has 30 heavy (non-hydrogen) atoms. The molecule has 1 N–H and O–H groups in total. The van der Waals surface area contributed by atoms with E-state index in [0.717, 1.165) is 28.7 Å². The lowest BCUT2D eigenvalue weighted by molar-refractivity contribution is -0.141. The molecule has 0 spiro atoms. The second-order valence-electron chi connectivity index (χ2n) is 6.56. The van der Waals surface area contributed by atoms with Gasteiger partial charge in [-0.15, -0.1) is 0 Å². The number of para-hydroxylation sites is 1. The number of halogens is 6. The fraction of sp³-hybridized carbons (Fsp3) is 0.0952. The highest BCUT2D eigenvalue weighted by Gasteiger charge is 2.35. The Morgan fingerprint density at radius 1 is 0.933 bits per heavy atom. The fourth-order valence-corrected chi connectivity index (χ4v) is 3.51. The average molecular weight is 438 g/mol. The smallest absolute Gasteiger partial charge is 0.338 e. The zero-order valence-corrected chi connectivity index (χ0v) is 16.1. The van der Waals surface area contributed by atoms with Crippen LogP contribution in [-0.2, 0) is 6.18 Å². The van der Waals surface area contributed by atoms with E-state index < -0.39 is 29.1 Å². The van der Waals surface area contributed by atoms with Crippen molar-refractivity contribution in [3.05, 3.63) is 82.5 Å². The largest absolute Gasteiger partial charge is 0.431 e. The molecule has 0 unspecified atom stereocenters. The standard InChI is InChI=1S/C21H13ClF5N3/c1-11-5-2-6-12(22)18(11)29-20-19(17-13(23)7-3-8-14(17)24)28-16-10-4-9-15(30(16)20)21(25,26)27/h2-10,29H,1H3. The molecule has 9 heteroatoms. The van der Waals surface area contributed by atoms with Crippen LogP contribution in [0.25, 0.3) is 16.9 Å². The number of benzene rings is 2. The van der Waals surface area contributed by atoms with Gasteiger partial charge in [0.25, 0.3) is 0 Å². The molecule has 2 aromatic carbocycles. The number of fused-ring (bicyclic) bond motifs is 1. The van der Waals surface area contributed by atoms with E-state index in [1.807, 2.05) is 0 Å². The van der Waals surface area contributed by atoms with Crippen molar-refractivity contribution in [1.82, 2.24) is 9.38 Å². The van der Waals surface area contributed by atoms with Crippen LogP contribution in [0.3, 0.4) is 0 Å². The summed E-state index contributed by atoms with van der Waals surface area (Å²) in [5.41, 5.74) is -1.10. The summed E-state index contributed by atoms with van der Waals surface area (Å²) in [6.07, 6.45) is -4.74. The first-order chi connectivity index (χ1) is 14.2. The predicted molar refractivity (Wildman–Crippen MR) is 105 cm³/mol. The van der Waals surface area contributed by atoms with Gasteiger partial charge in [-0.1, -0.05) is 35.9 Å². The van der Waals surface area contributed by atoms with Gasteiger partial charge in [0.1, 0.15) is 34.5 Å². The number of hydrogen-bond acceptors (Lipinski definition) is 2. The van der Waals surface area contributed by atoms with Crippen molar-refractivity contribution in [2.24, 2.45) is 0 Å². The van der Waals surface area contributed by atoms with E-state index in [-0.39, 0.29) is 22.2 Å². The Bertz CT molecular complexity index is 1220. The monoisotopic (exact) mass is 437 g/mol. The van der Waals surface area contributed by atoms with Crippen LogP contribution < -0.4 is 5.32 Å². The van der Waals surface area contributed by atoms with Gasteiger partial charge in [-0.3, -0.25) is 4.40 Å². The van der Waals surface area contributed by atoms with Crippen molar-refractivity contribution in [3.8, 4) is 11.3 Å². The van der Waals surface area contributed by atoms with Crippen molar-refractivity contribution < 1.29 is 22.0 Å². The minimum absolute atomic E-state index is 0.130. The molecular formula is C21H13ClF5N3. The van der Waals surface area contributed by atoms with Crippen LogP contribution in [0, 0.1) is 18.6 Å². The van der Waals surface area contributed by atoms with Gasteiger partial charge in [-0.25, -0.2) is 13.8 Å². The molecule has 0 radical (unpaired) electrons. The summed E-state index contributed by atoms with van der Waals surface area (Å²) in [5.74, 6) is -2.16. The SMILES string of the molecule is Cc1cccc(Cl)c1Nc1c(-c2c(F)cccc2F)nc2cccc(C(F)(F)F)n12. The van der Waals surface area contributed by atoms with Gasteiger partial charge < -0.3 is 5.32 Å². The van der Waals surface area contributed by atoms with Gasteiger partial charge in [0.05, 0.1) is 16.3 Å². The van der Waals surface area contributed by atoms with Crippen molar-refractivity contribution in [1.29, 1.82) is 0 Å². The van der Waals surface area contributed by atoms with Crippen LogP contribution in [0.4, 0.5) is 33.5 Å². The van der Waals surface area contributed by atoms with Crippen molar-refractivity contribution >= 4 is 28.8 Å². The Morgan fingerprint density at radius 3 is 2.20 bits per heavy atom. The third kappa shape index (κ3) is 3.37. The molecular weight excluding hydrogens is 425 g/mol. The Kier molecular flexibility index (Phi) is 4.89. The molecule has 2 aromatic heterocycles. The second kappa shape index (κ2) is 7.28. The summed E-state index contributed by atoms with van der Waals surface area (Å²) in [4.78, 5) is 4.11. The fourth-order valence-electron chi connectivity index (χ4n) is 3.24. The normalized spacial score (nSPS) is 11.8. The zero-order valence-electron chi connectivity index (χ0n) is 15.4. The van der Waals surface area contributed by atoms with E-state index in [2.05, 4.69) is 10.3 Å². The Morgan fingerprint density at radius 2 is 1.57 bits per heavy atom. The van der Waals surface area contributed by atoms with Crippen LogP contribution in [0.5, 0.6) is 0 Å². The van der Waals surface area contributed by atoms with Crippen LogP contribution in [0.15, 0.2) is 54.6 Å². The Balaban J connectivity index is 2.09. The van der Waals surface area contributed by atoms with Crippen molar-refractivity contribution in [3.63, 3.8) is 0 Å². The topological polar surface area (TPSA) is 29.3 Å². The lowest BCUT2D eigenvalue weighted by Crippen LogP contribution is -2.13. The molecule has 0 aliphatic heterocycles. The number of imidazole rings is 1. The van der Waals surface area contributed by atoms with Crippen LogP contribution >= 0.6 is 11.6 Å². The molecule has 154 valence electrons. The van der Waals surface area contributed by atoms with Crippen molar-refractivity contribution in [2.75, 3.05) is 5.32 Å². The van der Waals surface area contributed by atoms with E-state index >= 15 is 0 Å². The van der Waals surface area contributed by atoms with E-state index in [0.29, 0.717) is 11.3 Å². The molecule has 0 amide bonds. The molecule has 4 rings (SSSR count). The Labute approximate surface area is 172 Å². The number of hydrogen-bond donors (Lipinski definition) is 1. The summed E-state index contributed by atoms with van der Waals surface area (Å²) >= 11 is 6.23. The first-order valence-corrected chi connectivity index (χ1v) is 9.11. The van der Waals surface area contributed by atoms with Gasteiger partial charge in [0.15, 0.2) is 0 Å². The molecule has 0 aliphatic rings. The molecule has 0 saturated carbocycles. The Hall–Kier alpha value is -3.13. The molecule has 0 aliphatic carbocycles. The average Bonchev–Trinajstić information content (AvgIpc) is 3.02. The number of aromatic nitrogens is 2. The number of pyridine rings is 1. The van der Waals surface area contributed by atoms with Gasteiger partial charge in [0, 0.05) is 0 Å². The van der Waals surface area contributed by atoms with Crippen LogP contribution in [0.2, 0.25) is 5.02 Å². The van der Waals surface area contributed by atoms with E-state index in [1.54, 1.807) is 25.1 Å². The van der Waals surface area contributed by atoms with E-state index in [4.69, 9.17) is 11.6 Å². The molecule has 2 heterocycles. The molecule has 4 aromatic rings. The maximum atomic E-state index is 14.5. The zero-order chi connectivity index (χ0) is 21.6. The summed E-state index contributed by atoms with van der Waals surface area (Å²) < 4.78 is 70.9. The highest BCUT2D eigenvalue weighted by atomic mass is 35.5. The summed E-state index contributed by atoms with van der Waals surface area (Å²) in [6, 6.07) is 11.5. The van der Waals surface area contributed by atoms with Gasteiger partial charge in [-0.2, -0.15) is 13.2 Å². The number of rotatable bonds is 3. The molecule has 3 nitrogen and oxygen atoms in total. The second-order valence-corrected chi connectivity index (χ2v) is 6.97. The minimum atomic E-state index is -4.74. The lowest BCUT2D eigenvalue weighted by atomic mass is 10.1. The highest BCUT2D eigenvalue weighted by Crippen LogP contribution is 2.40. The molecule has 0 fully saturated rings. The third-order valence-corrected chi connectivity index (χ3v) is 4.91. The third-order valence-electron chi connectivity index (χ3n) is 4.60. The first-order valence-electron chi connectivity index (χ1n) is 8.73. The van der Waals surface area contributed by atoms with E-state index in [9.17, 15) is 22.0 Å². The first kappa shape index (κ1) is 20.2. The minimum Gasteiger partial charge on any atom is -0.338 e. The quantitative estimate of drug-likeness (QED) is 0.349.